The van der Waals surface area contributed by atoms with Gasteiger partial charge in [-0.2, -0.15) is 0 Å². The van der Waals surface area contributed by atoms with E-state index in [2.05, 4.69) is 4.99 Å². The van der Waals surface area contributed by atoms with E-state index >= 15 is 0 Å². The molecule has 0 amide bonds. The fourth-order valence-corrected chi connectivity index (χ4v) is 2.38. The van der Waals surface area contributed by atoms with Crippen molar-refractivity contribution in [2.45, 2.75) is 6.92 Å². The van der Waals surface area contributed by atoms with Crippen LogP contribution in [0.2, 0.25) is 0 Å². The number of phenols is 1. The van der Waals surface area contributed by atoms with Crippen molar-refractivity contribution in [2.24, 2.45) is 4.99 Å². The summed E-state index contributed by atoms with van der Waals surface area (Å²) in [5.41, 5.74) is 2.98. The molecule has 120 valence electrons. The molecule has 3 rings (SSSR count). The summed E-state index contributed by atoms with van der Waals surface area (Å²) in [5, 5.41) is 10.4. The first-order valence-corrected chi connectivity index (χ1v) is 7.42. The minimum Gasteiger partial charge on any atom is -0.507 e. The normalized spacial score (nSPS) is 11.1. The molecule has 0 saturated heterocycles. The van der Waals surface area contributed by atoms with Gasteiger partial charge in [0.25, 0.3) is 0 Å². The monoisotopic (exact) mass is 323 g/mol. The Labute approximate surface area is 138 Å². The SMILES string of the molecule is Cc1ccc(N=Cc2cccc(-c3cc(F)cc(F)c3)c2O)cc1. The largest absolute Gasteiger partial charge is 0.507 e. The lowest BCUT2D eigenvalue weighted by Gasteiger charge is -2.08. The van der Waals surface area contributed by atoms with Gasteiger partial charge in [-0.1, -0.05) is 29.8 Å². The van der Waals surface area contributed by atoms with Crippen LogP contribution in [0, 0.1) is 18.6 Å². The second-order valence-corrected chi connectivity index (χ2v) is 5.50. The summed E-state index contributed by atoms with van der Waals surface area (Å²) in [6.07, 6.45) is 1.53. The third-order valence-corrected chi connectivity index (χ3v) is 3.63. The maximum atomic E-state index is 13.4. The number of hydrogen-bond acceptors (Lipinski definition) is 2. The van der Waals surface area contributed by atoms with Gasteiger partial charge in [-0.05, 0) is 42.8 Å². The summed E-state index contributed by atoms with van der Waals surface area (Å²) < 4.78 is 26.8. The standard InChI is InChI=1S/C20H15F2NO/c1-13-5-7-18(8-6-13)23-12-14-3-2-4-19(20(14)24)15-9-16(21)11-17(22)10-15/h2-12,24H,1H3. The molecule has 4 heteroatoms. The highest BCUT2D eigenvalue weighted by Crippen LogP contribution is 2.32. The Hall–Kier alpha value is -3.01. The number of aromatic hydroxyl groups is 1. The summed E-state index contributed by atoms with van der Waals surface area (Å²) in [6.45, 7) is 1.99. The molecule has 24 heavy (non-hydrogen) atoms. The second-order valence-electron chi connectivity index (χ2n) is 5.50. The van der Waals surface area contributed by atoms with Gasteiger partial charge in [-0.3, -0.25) is 4.99 Å². The lowest BCUT2D eigenvalue weighted by Crippen LogP contribution is -1.89. The number of phenolic OH excluding ortho intramolecular Hbond substituents is 1. The molecule has 0 aliphatic heterocycles. The molecule has 0 aromatic heterocycles. The van der Waals surface area contributed by atoms with Crippen molar-refractivity contribution in [1.29, 1.82) is 0 Å². The van der Waals surface area contributed by atoms with Crippen LogP contribution >= 0.6 is 0 Å². The van der Waals surface area contributed by atoms with E-state index < -0.39 is 11.6 Å². The van der Waals surface area contributed by atoms with Crippen molar-refractivity contribution in [3.8, 4) is 16.9 Å². The number of aliphatic imine (C=N–C) groups is 1. The first kappa shape index (κ1) is 15.9. The molecule has 0 spiro atoms. The maximum Gasteiger partial charge on any atom is 0.132 e. The average molecular weight is 323 g/mol. The molecule has 0 heterocycles. The van der Waals surface area contributed by atoms with Crippen LogP contribution in [0.25, 0.3) is 11.1 Å². The summed E-state index contributed by atoms with van der Waals surface area (Å²) in [4.78, 5) is 4.32. The maximum absolute atomic E-state index is 13.4. The fourth-order valence-electron chi connectivity index (χ4n) is 2.38. The molecule has 0 fully saturated rings. The van der Waals surface area contributed by atoms with Gasteiger partial charge in [0, 0.05) is 23.4 Å². The van der Waals surface area contributed by atoms with Gasteiger partial charge >= 0.3 is 0 Å². The van der Waals surface area contributed by atoms with E-state index in [1.807, 2.05) is 31.2 Å². The van der Waals surface area contributed by atoms with Crippen LogP contribution in [-0.2, 0) is 0 Å². The Balaban J connectivity index is 1.97. The minimum absolute atomic E-state index is 0.0710. The highest BCUT2D eigenvalue weighted by atomic mass is 19.1. The molecular formula is C20H15F2NO. The first-order valence-electron chi connectivity index (χ1n) is 7.42. The van der Waals surface area contributed by atoms with E-state index in [1.165, 1.54) is 18.3 Å². The van der Waals surface area contributed by atoms with Crippen molar-refractivity contribution in [3.05, 3.63) is 83.4 Å². The summed E-state index contributed by atoms with van der Waals surface area (Å²) in [6, 6.07) is 15.8. The van der Waals surface area contributed by atoms with E-state index in [1.54, 1.807) is 18.2 Å². The van der Waals surface area contributed by atoms with E-state index in [-0.39, 0.29) is 11.3 Å². The third-order valence-electron chi connectivity index (χ3n) is 3.63. The second kappa shape index (κ2) is 6.62. The molecule has 3 aromatic carbocycles. The van der Waals surface area contributed by atoms with E-state index in [9.17, 15) is 13.9 Å². The topological polar surface area (TPSA) is 32.6 Å². The molecular weight excluding hydrogens is 308 g/mol. The minimum atomic E-state index is -0.692. The summed E-state index contributed by atoms with van der Waals surface area (Å²) >= 11 is 0. The Morgan fingerprint density at radius 2 is 1.58 bits per heavy atom. The molecule has 0 unspecified atom stereocenters. The van der Waals surface area contributed by atoms with E-state index in [4.69, 9.17) is 0 Å². The number of rotatable bonds is 3. The number of halogens is 2. The van der Waals surface area contributed by atoms with Crippen molar-refractivity contribution in [1.82, 2.24) is 0 Å². The van der Waals surface area contributed by atoms with E-state index in [0.717, 1.165) is 17.3 Å². The predicted molar refractivity (Wildman–Crippen MR) is 91.9 cm³/mol. The molecule has 2 nitrogen and oxygen atoms in total. The predicted octanol–water partition coefficient (Wildman–Crippen LogP) is 5.40. The summed E-state index contributed by atoms with van der Waals surface area (Å²) in [5.74, 6) is -1.45. The zero-order valence-electron chi connectivity index (χ0n) is 13.0. The Kier molecular flexibility index (Phi) is 4.38. The zero-order chi connectivity index (χ0) is 17.1. The Morgan fingerprint density at radius 1 is 0.917 bits per heavy atom. The van der Waals surface area contributed by atoms with Gasteiger partial charge in [-0.25, -0.2) is 8.78 Å². The molecule has 0 radical (unpaired) electrons. The van der Waals surface area contributed by atoms with Crippen molar-refractivity contribution in [3.63, 3.8) is 0 Å². The zero-order valence-corrected chi connectivity index (χ0v) is 13.0. The van der Waals surface area contributed by atoms with Crippen LogP contribution in [0.15, 0.2) is 65.7 Å². The van der Waals surface area contributed by atoms with Gasteiger partial charge in [0.15, 0.2) is 0 Å². The van der Waals surface area contributed by atoms with Gasteiger partial charge in [0.05, 0.1) is 5.69 Å². The van der Waals surface area contributed by atoms with Crippen molar-refractivity contribution in [2.75, 3.05) is 0 Å². The van der Waals surface area contributed by atoms with Gasteiger partial charge in [-0.15, -0.1) is 0 Å². The smallest absolute Gasteiger partial charge is 0.132 e. The highest BCUT2D eigenvalue weighted by molar-refractivity contribution is 5.89. The molecule has 0 aliphatic carbocycles. The van der Waals surface area contributed by atoms with Gasteiger partial charge < -0.3 is 5.11 Å². The van der Waals surface area contributed by atoms with Gasteiger partial charge in [0.1, 0.15) is 17.4 Å². The summed E-state index contributed by atoms with van der Waals surface area (Å²) in [7, 11) is 0. The van der Waals surface area contributed by atoms with Crippen LogP contribution in [0.5, 0.6) is 5.75 Å². The van der Waals surface area contributed by atoms with Crippen LogP contribution < -0.4 is 0 Å². The number of benzene rings is 3. The molecule has 1 N–H and O–H groups in total. The van der Waals surface area contributed by atoms with Crippen molar-refractivity contribution >= 4 is 11.9 Å². The van der Waals surface area contributed by atoms with Crippen molar-refractivity contribution < 1.29 is 13.9 Å². The lowest BCUT2D eigenvalue weighted by atomic mass is 10.0. The van der Waals surface area contributed by atoms with Crippen LogP contribution in [0.1, 0.15) is 11.1 Å². The highest BCUT2D eigenvalue weighted by Gasteiger charge is 2.10. The number of nitrogens with zero attached hydrogens (tertiary/aromatic N) is 1. The molecule has 0 saturated carbocycles. The van der Waals surface area contributed by atoms with Crippen LogP contribution in [-0.4, -0.2) is 11.3 Å². The lowest BCUT2D eigenvalue weighted by molar-refractivity contribution is 0.476. The Bertz CT molecular complexity index is 882. The molecule has 0 atom stereocenters. The average Bonchev–Trinajstić information content (AvgIpc) is 2.54. The van der Waals surface area contributed by atoms with Crippen LogP contribution in [0.4, 0.5) is 14.5 Å². The van der Waals surface area contributed by atoms with E-state index in [0.29, 0.717) is 11.1 Å². The van der Waals surface area contributed by atoms with Crippen LogP contribution in [0.3, 0.4) is 0 Å². The fraction of sp³-hybridized carbons (Fsp3) is 0.0500. The quantitative estimate of drug-likeness (QED) is 0.643. The molecule has 0 aliphatic rings. The Morgan fingerprint density at radius 3 is 2.25 bits per heavy atom. The first-order chi connectivity index (χ1) is 11.5. The number of hydrogen-bond donors (Lipinski definition) is 1. The number of aryl methyl sites for hydroxylation is 1. The molecule has 0 bridgehead atoms. The third kappa shape index (κ3) is 3.49. The number of para-hydroxylation sites is 1. The van der Waals surface area contributed by atoms with Gasteiger partial charge in [0.2, 0.25) is 0 Å². The molecule has 3 aromatic rings.